The third kappa shape index (κ3) is 5.30. The number of hydrogen-bond acceptors (Lipinski definition) is 6. The number of carbonyl (C=O) groups excluding carboxylic acids is 1. The Labute approximate surface area is 183 Å². The number of anilines is 1. The van der Waals surface area contributed by atoms with Crippen molar-refractivity contribution in [1.29, 1.82) is 0 Å². The van der Waals surface area contributed by atoms with Gasteiger partial charge in [0.25, 0.3) is 0 Å². The number of pyridine rings is 1. The van der Waals surface area contributed by atoms with Gasteiger partial charge in [-0.3, -0.25) is 19.6 Å². The van der Waals surface area contributed by atoms with Crippen molar-refractivity contribution in [3.8, 4) is 11.3 Å². The van der Waals surface area contributed by atoms with Gasteiger partial charge < -0.3 is 5.32 Å². The van der Waals surface area contributed by atoms with Crippen LogP contribution < -0.4 is 5.32 Å². The SMILES string of the molecule is CC(C(=O)Nc1nc(-c2ccc(F)c(F)c2)cs1)N1CCN(Cc2ccccn2)CC1. The number of aromatic nitrogens is 2. The summed E-state index contributed by atoms with van der Waals surface area (Å²) in [5.74, 6) is -1.96. The second kappa shape index (κ2) is 9.59. The van der Waals surface area contributed by atoms with Crippen LogP contribution in [0.25, 0.3) is 11.3 Å². The smallest absolute Gasteiger partial charge is 0.243 e. The van der Waals surface area contributed by atoms with E-state index in [0.29, 0.717) is 16.4 Å². The van der Waals surface area contributed by atoms with E-state index in [4.69, 9.17) is 0 Å². The minimum atomic E-state index is -0.924. The van der Waals surface area contributed by atoms with Crippen LogP contribution in [0.5, 0.6) is 0 Å². The second-order valence-corrected chi connectivity index (χ2v) is 8.32. The molecule has 1 fully saturated rings. The van der Waals surface area contributed by atoms with Crippen LogP contribution in [0.15, 0.2) is 48.0 Å². The fraction of sp³-hybridized carbons (Fsp3) is 0.318. The standard InChI is InChI=1S/C22H23F2N5OS/c1-15(29-10-8-28(9-11-29)13-17-4-2-3-7-25-17)21(30)27-22-26-20(14-31-22)16-5-6-18(23)19(24)12-16/h2-7,12,14-15H,8-11,13H2,1H3,(H,26,27,30). The van der Waals surface area contributed by atoms with E-state index in [9.17, 15) is 13.6 Å². The highest BCUT2D eigenvalue weighted by Crippen LogP contribution is 2.26. The molecule has 1 aromatic carbocycles. The number of rotatable bonds is 6. The maximum absolute atomic E-state index is 13.5. The first-order valence-electron chi connectivity index (χ1n) is 10.1. The molecule has 31 heavy (non-hydrogen) atoms. The lowest BCUT2D eigenvalue weighted by Gasteiger charge is -2.37. The molecule has 1 unspecified atom stereocenters. The van der Waals surface area contributed by atoms with Crippen LogP contribution >= 0.6 is 11.3 Å². The van der Waals surface area contributed by atoms with Crippen LogP contribution in [0.4, 0.5) is 13.9 Å². The summed E-state index contributed by atoms with van der Waals surface area (Å²) in [5.41, 5.74) is 2.00. The van der Waals surface area contributed by atoms with Gasteiger partial charge in [-0.15, -0.1) is 11.3 Å². The molecular weight excluding hydrogens is 420 g/mol. The molecule has 1 atom stereocenters. The molecule has 0 bridgehead atoms. The molecule has 3 heterocycles. The summed E-state index contributed by atoms with van der Waals surface area (Å²) in [6.45, 7) is 6.00. The van der Waals surface area contributed by atoms with Crippen LogP contribution in [0.3, 0.4) is 0 Å². The predicted molar refractivity (Wildman–Crippen MR) is 117 cm³/mol. The molecule has 1 N–H and O–H groups in total. The molecule has 162 valence electrons. The molecule has 6 nitrogen and oxygen atoms in total. The highest BCUT2D eigenvalue weighted by molar-refractivity contribution is 7.14. The lowest BCUT2D eigenvalue weighted by Crippen LogP contribution is -2.52. The zero-order valence-corrected chi connectivity index (χ0v) is 17.9. The Balaban J connectivity index is 1.30. The number of nitrogens with one attached hydrogen (secondary N) is 1. The first-order valence-corrected chi connectivity index (χ1v) is 11.0. The molecule has 2 aromatic heterocycles. The summed E-state index contributed by atoms with van der Waals surface area (Å²) in [6.07, 6.45) is 1.80. The summed E-state index contributed by atoms with van der Waals surface area (Å²) in [6, 6.07) is 9.25. The number of piperazine rings is 1. The number of nitrogens with zero attached hydrogens (tertiary/aromatic N) is 4. The summed E-state index contributed by atoms with van der Waals surface area (Å²) < 4.78 is 26.6. The zero-order valence-electron chi connectivity index (χ0n) is 17.1. The van der Waals surface area contributed by atoms with E-state index in [0.717, 1.165) is 50.6 Å². The third-order valence-corrected chi connectivity index (χ3v) is 6.15. The van der Waals surface area contributed by atoms with Crippen molar-refractivity contribution in [2.45, 2.75) is 19.5 Å². The summed E-state index contributed by atoms with van der Waals surface area (Å²) in [5, 5.41) is 4.99. The van der Waals surface area contributed by atoms with Crippen molar-refractivity contribution < 1.29 is 13.6 Å². The second-order valence-electron chi connectivity index (χ2n) is 7.47. The molecule has 9 heteroatoms. The van der Waals surface area contributed by atoms with E-state index in [1.165, 1.54) is 17.4 Å². The van der Waals surface area contributed by atoms with Crippen molar-refractivity contribution in [3.63, 3.8) is 0 Å². The van der Waals surface area contributed by atoms with Gasteiger partial charge in [0.05, 0.1) is 17.4 Å². The first kappa shape index (κ1) is 21.5. The van der Waals surface area contributed by atoms with E-state index in [2.05, 4.69) is 25.1 Å². The Kier molecular flexibility index (Phi) is 6.64. The van der Waals surface area contributed by atoms with Crippen LogP contribution in [-0.2, 0) is 11.3 Å². The van der Waals surface area contributed by atoms with E-state index in [-0.39, 0.29) is 11.9 Å². The number of carbonyl (C=O) groups is 1. The lowest BCUT2D eigenvalue weighted by atomic mass is 10.2. The highest BCUT2D eigenvalue weighted by Gasteiger charge is 2.26. The molecule has 0 saturated carbocycles. The average molecular weight is 444 g/mol. The summed E-state index contributed by atoms with van der Waals surface area (Å²) in [7, 11) is 0. The first-order chi connectivity index (χ1) is 15.0. The van der Waals surface area contributed by atoms with E-state index in [1.54, 1.807) is 11.6 Å². The van der Waals surface area contributed by atoms with Crippen molar-refractivity contribution in [1.82, 2.24) is 19.8 Å². The van der Waals surface area contributed by atoms with Gasteiger partial charge in [-0.05, 0) is 37.3 Å². The molecule has 0 radical (unpaired) electrons. The normalized spacial score (nSPS) is 16.2. The van der Waals surface area contributed by atoms with E-state index in [1.807, 2.05) is 25.1 Å². The number of amides is 1. The molecule has 4 rings (SSSR count). The van der Waals surface area contributed by atoms with Gasteiger partial charge in [0.2, 0.25) is 5.91 Å². The van der Waals surface area contributed by atoms with E-state index < -0.39 is 11.6 Å². The minimum Gasteiger partial charge on any atom is -0.301 e. The molecule has 1 aliphatic heterocycles. The van der Waals surface area contributed by atoms with E-state index >= 15 is 0 Å². The van der Waals surface area contributed by atoms with Crippen LogP contribution in [0.1, 0.15) is 12.6 Å². The van der Waals surface area contributed by atoms with Crippen LogP contribution in [0.2, 0.25) is 0 Å². The monoisotopic (exact) mass is 443 g/mol. The fourth-order valence-corrected chi connectivity index (χ4v) is 4.25. The molecule has 0 aliphatic carbocycles. The fourth-order valence-electron chi connectivity index (χ4n) is 3.52. The average Bonchev–Trinajstić information content (AvgIpc) is 3.25. The number of benzene rings is 1. The molecule has 3 aromatic rings. The maximum Gasteiger partial charge on any atom is 0.243 e. The van der Waals surface area contributed by atoms with Gasteiger partial charge in [-0.2, -0.15) is 0 Å². The minimum absolute atomic E-state index is 0.135. The Hall–Kier alpha value is -2.75. The van der Waals surface area contributed by atoms with Gasteiger partial charge in [0, 0.05) is 49.9 Å². The third-order valence-electron chi connectivity index (χ3n) is 5.40. The Morgan fingerprint density at radius 3 is 2.68 bits per heavy atom. The van der Waals surface area contributed by atoms with Gasteiger partial charge in [-0.25, -0.2) is 13.8 Å². The summed E-state index contributed by atoms with van der Waals surface area (Å²) >= 11 is 1.26. The van der Waals surface area contributed by atoms with Crippen LogP contribution in [0, 0.1) is 11.6 Å². The van der Waals surface area contributed by atoms with Gasteiger partial charge >= 0.3 is 0 Å². The summed E-state index contributed by atoms with van der Waals surface area (Å²) in [4.78, 5) is 25.9. The zero-order chi connectivity index (χ0) is 21.8. The number of halogens is 2. The van der Waals surface area contributed by atoms with Gasteiger partial charge in [-0.1, -0.05) is 6.07 Å². The Morgan fingerprint density at radius 1 is 1.16 bits per heavy atom. The highest BCUT2D eigenvalue weighted by atomic mass is 32.1. The molecular formula is C22H23F2N5OS. The Bertz CT molecular complexity index is 1040. The molecule has 1 saturated heterocycles. The molecule has 1 amide bonds. The van der Waals surface area contributed by atoms with Crippen molar-refractivity contribution in [2.24, 2.45) is 0 Å². The van der Waals surface area contributed by atoms with Gasteiger partial charge in [0.15, 0.2) is 16.8 Å². The van der Waals surface area contributed by atoms with Crippen molar-refractivity contribution >= 4 is 22.4 Å². The maximum atomic E-state index is 13.5. The van der Waals surface area contributed by atoms with Crippen molar-refractivity contribution in [3.05, 3.63) is 65.3 Å². The lowest BCUT2D eigenvalue weighted by molar-refractivity contribution is -0.121. The largest absolute Gasteiger partial charge is 0.301 e. The molecule has 1 aliphatic rings. The molecule has 0 spiro atoms. The Morgan fingerprint density at radius 2 is 1.97 bits per heavy atom. The predicted octanol–water partition coefficient (Wildman–Crippen LogP) is 3.63. The van der Waals surface area contributed by atoms with Crippen molar-refractivity contribution in [2.75, 3.05) is 31.5 Å². The number of hydrogen-bond donors (Lipinski definition) is 1. The van der Waals surface area contributed by atoms with Crippen LogP contribution in [-0.4, -0.2) is 57.9 Å². The van der Waals surface area contributed by atoms with Gasteiger partial charge in [0.1, 0.15) is 0 Å². The number of thiazole rings is 1. The topological polar surface area (TPSA) is 61.4 Å². The quantitative estimate of drug-likeness (QED) is 0.631.